The van der Waals surface area contributed by atoms with Crippen LogP contribution < -0.4 is 15.1 Å². The molecular formula is C12H24N6. The van der Waals surface area contributed by atoms with Crippen LogP contribution in [-0.2, 0) is 0 Å². The monoisotopic (exact) mass is 252 g/mol. The highest BCUT2D eigenvalue weighted by Gasteiger charge is 2.12. The minimum Gasteiger partial charge on any atom is -0.357 e. The van der Waals surface area contributed by atoms with E-state index in [2.05, 4.69) is 39.0 Å². The quantitative estimate of drug-likeness (QED) is 0.795. The highest BCUT2D eigenvalue weighted by Crippen LogP contribution is 2.15. The summed E-state index contributed by atoms with van der Waals surface area (Å²) < 4.78 is 0. The number of aromatic nitrogens is 3. The number of rotatable bonds is 7. The normalized spacial score (nSPS) is 10.3. The van der Waals surface area contributed by atoms with Gasteiger partial charge in [0.2, 0.25) is 17.8 Å². The van der Waals surface area contributed by atoms with Crippen molar-refractivity contribution in [2.45, 2.75) is 26.7 Å². The van der Waals surface area contributed by atoms with Gasteiger partial charge >= 0.3 is 0 Å². The Bertz CT molecular complexity index is 360. The largest absolute Gasteiger partial charge is 0.357 e. The van der Waals surface area contributed by atoms with Crippen molar-refractivity contribution in [1.82, 2.24) is 15.0 Å². The predicted octanol–water partition coefficient (Wildman–Crippen LogP) is 1.61. The van der Waals surface area contributed by atoms with Crippen molar-refractivity contribution < 1.29 is 0 Å². The van der Waals surface area contributed by atoms with Gasteiger partial charge < -0.3 is 15.1 Å². The van der Waals surface area contributed by atoms with Gasteiger partial charge in [-0.15, -0.1) is 0 Å². The number of nitrogens with zero attached hydrogens (tertiary/aromatic N) is 5. The average molecular weight is 252 g/mol. The smallest absolute Gasteiger partial charge is 0.231 e. The predicted molar refractivity (Wildman–Crippen MR) is 76.5 cm³/mol. The van der Waals surface area contributed by atoms with Crippen LogP contribution in [0.1, 0.15) is 26.7 Å². The molecule has 18 heavy (non-hydrogen) atoms. The molecule has 0 aromatic carbocycles. The molecular weight excluding hydrogens is 228 g/mol. The molecule has 0 saturated carbocycles. The summed E-state index contributed by atoms with van der Waals surface area (Å²) >= 11 is 0. The third-order valence-corrected chi connectivity index (χ3v) is 2.51. The van der Waals surface area contributed by atoms with E-state index in [1.54, 1.807) is 0 Å². The van der Waals surface area contributed by atoms with Crippen molar-refractivity contribution in [2.75, 3.05) is 49.3 Å². The van der Waals surface area contributed by atoms with Crippen LogP contribution in [0.2, 0.25) is 0 Å². The summed E-state index contributed by atoms with van der Waals surface area (Å²) in [4.78, 5) is 17.4. The van der Waals surface area contributed by atoms with E-state index >= 15 is 0 Å². The lowest BCUT2D eigenvalue weighted by molar-refractivity contribution is 0.717. The highest BCUT2D eigenvalue weighted by molar-refractivity contribution is 5.44. The van der Waals surface area contributed by atoms with E-state index in [0.717, 1.165) is 31.9 Å². The van der Waals surface area contributed by atoms with Crippen LogP contribution in [0.5, 0.6) is 0 Å². The van der Waals surface area contributed by atoms with Crippen LogP contribution in [0.15, 0.2) is 0 Å². The molecule has 0 saturated heterocycles. The molecule has 0 unspecified atom stereocenters. The lowest BCUT2D eigenvalue weighted by Crippen LogP contribution is -2.28. The van der Waals surface area contributed by atoms with Gasteiger partial charge in [0.15, 0.2) is 0 Å². The third kappa shape index (κ3) is 3.72. The lowest BCUT2D eigenvalue weighted by Gasteiger charge is -2.23. The van der Waals surface area contributed by atoms with Gasteiger partial charge in [0, 0.05) is 34.2 Å². The van der Waals surface area contributed by atoms with Gasteiger partial charge in [0.25, 0.3) is 0 Å². The van der Waals surface area contributed by atoms with Crippen molar-refractivity contribution in [3.05, 3.63) is 0 Å². The van der Waals surface area contributed by atoms with Crippen molar-refractivity contribution >= 4 is 17.8 Å². The van der Waals surface area contributed by atoms with Gasteiger partial charge in [-0.2, -0.15) is 15.0 Å². The van der Waals surface area contributed by atoms with Gasteiger partial charge in [0.05, 0.1) is 0 Å². The van der Waals surface area contributed by atoms with Crippen molar-refractivity contribution in [2.24, 2.45) is 0 Å². The Kier molecular flexibility index (Phi) is 5.61. The van der Waals surface area contributed by atoms with Gasteiger partial charge in [-0.1, -0.05) is 13.8 Å². The summed E-state index contributed by atoms with van der Waals surface area (Å²) in [6, 6.07) is 0. The third-order valence-electron chi connectivity index (χ3n) is 2.51. The number of nitrogens with one attached hydrogen (secondary N) is 1. The second-order valence-corrected chi connectivity index (χ2v) is 4.39. The van der Waals surface area contributed by atoms with Gasteiger partial charge in [0.1, 0.15) is 0 Å². The number of anilines is 3. The second-order valence-electron chi connectivity index (χ2n) is 4.39. The lowest BCUT2D eigenvalue weighted by atomic mass is 10.4. The minimum absolute atomic E-state index is 0.612. The zero-order chi connectivity index (χ0) is 13.5. The summed E-state index contributed by atoms with van der Waals surface area (Å²) in [5.74, 6) is 2.05. The van der Waals surface area contributed by atoms with E-state index in [1.165, 1.54) is 0 Å². The Hall–Kier alpha value is -1.59. The number of hydrogen-bond donors (Lipinski definition) is 1. The standard InChI is InChI=1S/C12H24N6/c1-6-8-18(9-7-2)12-15-10(13-3)14-11(16-12)17(4)5/h6-9H2,1-5H3,(H,13,14,15,16). The summed E-state index contributed by atoms with van der Waals surface area (Å²) in [6.07, 6.45) is 2.16. The zero-order valence-corrected chi connectivity index (χ0v) is 12.1. The minimum atomic E-state index is 0.612. The molecule has 0 fully saturated rings. The fourth-order valence-corrected chi connectivity index (χ4v) is 1.66. The molecule has 6 heteroatoms. The highest BCUT2D eigenvalue weighted by atomic mass is 15.3. The van der Waals surface area contributed by atoms with E-state index in [1.807, 2.05) is 26.0 Å². The van der Waals surface area contributed by atoms with E-state index in [9.17, 15) is 0 Å². The fraction of sp³-hybridized carbons (Fsp3) is 0.750. The Balaban J connectivity index is 3.07. The molecule has 1 heterocycles. The Morgan fingerprint density at radius 2 is 1.50 bits per heavy atom. The van der Waals surface area contributed by atoms with E-state index < -0.39 is 0 Å². The molecule has 1 rings (SSSR count). The first-order valence-electron chi connectivity index (χ1n) is 6.48. The van der Waals surface area contributed by atoms with Crippen LogP contribution in [0.3, 0.4) is 0 Å². The molecule has 1 N–H and O–H groups in total. The molecule has 1 aromatic rings. The Morgan fingerprint density at radius 3 is 1.94 bits per heavy atom. The van der Waals surface area contributed by atoms with Crippen LogP contribution in [0, 0.1) is 0 Å². The van der Waals surface area contributed by atoms with E-state index in [-0.39, 0.29) is 0 Å². The van der Waals surface area contributed by atoms with E-state index in [0.29, 0.717) is 11.9 Å². The molecule has 6 nitrogen and oxygen atoms in total. The molecule has 0 aliphatic rings. The van der Waals surface area contributed by atoms with Crippen LogP contribution in [0.4, 0.5) is 17.8 Å². The van der Waals surface area contributed by atoms with Crippen LogP contribution in [-0.4, -0.2) is 49.2 Å². The summed E-state index contributed by atoms with van der Waals surface area (Å²) in [7, 11) is 5.69. The van der Waals surface area contributed by atoms with Crippen molar-refractivity contribution in [3.63, 3.8) is 0 Å². The van der Waals surface area contributed by atoms with E-state index in [4.69, 9.17) is 0 Å². The number of hydrogen-bond acceptors (Lipinski definition) is 6. The zero-order valence-electron chi connectivity index (χ0n) is 12.1. The maximum atomic E-state index is 4.51. The topological polar surface area (TPSA) is 57.2 Å². The van der Waals surface area contributed by atoms with Crippen molar-refractivity contribution in [1.29, 1.82) is 0 Å². The van der Waals surface area contributed by atoms with Gasteiger partial charge in [-0.3, -0.25) is 0 Å². The maximum absolute atomic E-state index is 4.51. The molecule has 0 bridgehead atoms. The molecule has 0 aliphatic carbocycles. The van der Waals surface area contributed by atoms with Gasteiger partial charge in [-0.05, 0) is 12.8 Å². The van der Waals surface area contributed by atoms with Gasteiger partial charge in [-0.25, -0.2) is 0 Å². The molecule has 0 amide bonds. The fourth-order valence-electron chi connectivity index (χ4n) is 1.66. The summed E-state index contributed by atoms with van der Waals surface area (Å²) in [5.41, 5.74) is 0. The summed E-state index contributed by atoms with van der Waals surface area (Å²) in [6.45, 7) is 6.26. The first-order valence-corrected chi connectivity index (χ1v) is 6.48. The second kappa shape index (κ2) is 6.98. The first-order chi connectivity index (χ1) is 8.62. The molecule has 0 radical (unpaired) electrons. The molecule has 1 aromatic heterocycles. The first kappa shape index (κ1) is 14.5. The molecule has 0 spiro atoms. The SMILES string of the molecule is CCCN(CCC)c1nc(NC)nc(N(C)C)n1. The van der Waals surface area contributed by atoms with Crippen LogP contribution in [0.25, 0.3) is 0 Å². The Morgan fingerprint density at radius 1 is 0.944 bits per heavy atom. The molecule has 0 atom stereocenters. The van der Waals surface area contributed by atoms with Crippen molar-refractivity contribution in [3.8, 4) is 0 Å². The maximum Gasteiger partial charge on any atom is 0.231 e. The Labute approximate surface area is 109 Å². The van der Waals surface area contributed by atoms with Crippen LogP contribution >= 0.6 is 0 Å². The molecule has 0 aliphatic heterocycles. The molecule has 102 valence electrons. The average Bonchev–Trinajstić information content (AvgIpc) is 2.37. The summed E-state index contributed by atoms with van der Waals surface area (Å²) in [5, 5.41) is 2.99.